The van der Waals surface area contributed by atoms with E-state index in [0.29, 0.717) is 27.8 Å². The zero-order valence-electron chi connectivity index (χ0n) is 25.9. The molecule has 0 fully saturated rings. The molecular weight excluding hydrogens is 645 g/mol. The van der Waals surface area contributed by atoms with E-state index in [2.05, 4.69) is 5.32 Å². The Morgan fingerprint density at radius 1 is 0.891 bits per heavy atom. The second-order valence-electron chi connectivity index (χ2n) is 10.8. The fourth-order valence-electron chi connectivity index (χ4n) is 4.84. The number of nitrogens with one attached hydrogen (secondary N) is 1. The van der Waals surface area contributed by atoms with Crippen LogP contribution in [0.3, 0.4) is 0 Å². The Kier molecular flexibility index (Phi) is 12.1. The summed E-state index contributed by atoms with van der Waals surface area (Å²) in [6, 6.07) is 27.4. The van der Waals surface area contributed by atoms with Crippen LogP contribution in [0.4, 0.5) is 5.69 Å². The Morgan fingerprint density at radius 3 is 2.20 bits per heavy atom. The van der Waals surface area contributed by atoms with Crippen LogP contribution in [0.2, 0.25) is 10.0 Å². The number of carbonyl (C=O) groups excluding carboxylic acids is 2. The molecule has 0 saturated heterocycles. The molecule has 0 saturated carbocycles. The Hall–Kier alpha value is -4.05. The predicted octanol–water partition coefficient (Wildman–Crippen LogP) is 6.75. The van der Waals surface area contributed by atoms with Crippen LogP contribution in [0, 0.1) is 0 Å². The summed E-state index contributed by atoms with van der Waals surface area (Å²) in [6.07, 6.45) is 0.865. The van der Waals surface area contributed by atoms with Gasteiger partial charge in [-0.2, -0.15) is 0 Å². The molecule has 46 heavy (non-hydrogen) atoms. The maximum Gasteiger partial charge on any atom is 0.264 e. The fraction of sp³-hybridized carbons (Fsp3) is 0.257. The van der Waals surface area contributed by atoms with Crippen LogP contribution < -0.4 is 14.4 Å². The molecule has 0 aliphatic heterocycles. The number of rotatable bonds is 14. The minimum atomic E-state index is -4.24. The molecule has 11 heteroatoms. The van der Waals surface area contributed by atoms with Crippen LogP contribution in [-0.2, 0) is 32.6 Å². The van der Waals surface area contributed by atoms with E-state index in [0.717, 1.165) is 9.87 Å². The molecule has 0 heterocycles. The second kappa shape index (κ2) is 16.0. The van der Waals surface area contributed by atoms with Crippen molar-refractivity contribution in [2.45, 2.75) is 50.2 Å². The maximum atomic E-state index is 14.6. The van der Waals surface area contributed by atoms with Gasteiger partial charge < -0.3 is 15.0 Å². The summed E-state index contributed by atoms with van der Waals surface area (Å²) < 4.78 is 34.6. The van der Waals surface area contributed by atoms with Crippen LogP contribution in [0.15, 0.2) is 108 Å². The summed E-state index contributed by atoms with van der Waals surface area (Å²) in [6.45, 7) is 3.17. The first-order chi connectivity index (χ1) is 22.0. The number of carbonyl (C=O) groups is 2. The van der Waals surface area contributed by atoms with Crippen molar-refractivity contribution in [3.05, 3.63) is 124 Å². The van der Waals surface area contributed by atoms with Gasteiger partial charge >= 0.3 is 0 Å². The van der Waals surface area contributed by atoms with Crippen molar-refractivity contribution >= 4 is 50.7 Å². The summed E-state index contributed by atoms with van der Waals surface area (Å²) >= 11 is 12.7. The van der Waals surface area contributed by atoms with Gasteiger partial charge in [-0.25, -0.2) is 8.42 Å². The lowest BCUT2D eigenvalue weighted by Crippen LogP contribution is -2.54. The number of amides is 2. The number of sulfonamides is 1. The zero-order chi connectivity index (χ0) is 33.3. The third kappa shape index (κ3) is 8.81. The monoisotopic (exact) mass is 681 g/mol. The van der Waals surface area contributed by atoms with Gasteiger partial charge in [-0.05, 0) is 60.9 Å². The molecule has 0 bridgehead atoms. The van der Waals surface area contributed by atoms with Gasteiger partial charge in [-0.15, -0.1) is 0 Å². The molecule has 2 amide bonds. The average molecular weight is 683 g/mol. The highest BCUT2D eigenvalue weighted by atomic mass is 35.5. The summed E-state index contributed by atoms with van der Waals surface area (Å²) in [5, 5.41) is 3.75. The molecular formula is C35H37Cl2N3O5S. The molecule has 0 aliphatic carbocycles. The van der Waals surface area contributed by atoms with E-state index in [4.69, 9.17) is 27.9 Å². The summed E-state index contributed by atoms with van der Waals surface area (Å²) in [7, 11) is -2.76. The fourth-order valence-corrected chi connectivity index (χ4v) is 6.74. The van der Waals surface area contributed by atoms with Crippen molar-refractivity contribution in [3.8, 4) is 5.75 Å². The van der Waals surface area contributed by atoms with Crippen LogP contribution in [-0.4, -0.2) is 50.9 Å². The van der Waals surface area contributed by atoms with Gasteiger partial charge in [0.15, 0.2) is 0 Å². The minimum absolute atomic E-state index is 0.00765. The standard InChI is InChI=1S/C35H37Cl2N3O5S/c1-4-25(2)38-35(42)33(20-26-12-7-5-8-13-26)39(23-27-18-19-28(36)21-32(27)37)34(41)24-40(29-14-11-15-30(22-29)45-3)46(43,44)31-16-9-6-10-17-31/h5-19,21-22,25,33H,4,20,23-24H2,1-3H3,(H,38,42)/t25-,33+/m0/s1. The Bertz CT molecular complexity index is 1740. The number of hydrogen-bond donors (Lipinski definition) is 1. The number of nitrogens with zero attached hydrogens (tertiary/aromatic N) is 2. The van der Waals surface area contributed by atoms with Gasteiger partial charge in [-0.3, -0.25) is 13.9 Å². The molecule has 0 spiro atoms. The third-order valence-electron chi connectivity index (χ3n) is 7.58. The first-order valence-electron chi connectivity index (χ1n) is 14.8. The van der Waals surface area contributed by atoms with Gasteiger partial charge in [-0.1, -0.05) is 90.8 Å². The van der Waals surface area contributed by atoms with Gasteiger partial charge in [0.25, 0.3) is 10.0 Å². The Balaban J connectivity index is 1.83. The highest BCUT2D eigenvalue weighted by Crippen LogP contribution is 2.29. The van der Waals surface area contributed by atoms with Crippen molar-refractivity contribution in [2.24, 2.45) is 0 Å². The second-order valence-corrected chi connectivity index (χ2v) is 13.5. The first-order valence-corrected chi connectivity index (χ1v) is 17.0. The van der Waals surface area contributed by atoms with Gasteiger partial charge in [0.05, 0.1) is 17.7 Å². The van der Waals surface area contributed by atoms with Crippen molar-refractivity contribution in [1.29, 1.82) is 0 Å². The van der Waals surface area contributed by atoms with E-state index < -0.39 is 28.5 Å². The van der Waals surface area contributed by atoms with Crippen LogP contribution >= 0.6 is 23.2 Å². The predicted molar refractivity (Wildman–Crippen MR) is 183 cm³/mol. The highest BCUT2D eigenvalue weighted by molar-refractivity contribution is 7.92. The van der Waals surface area contributed by atoms with E-state index in [1.165, 1.54) is 24.1 Å². The Morgan fingerprint density at radius 2 is 1.57 bits per heavy atom. The lowest BCUT2D eigenvalue weighted by Gasteiger charge is -2.34. The van der Waals surface area contributed by atoms with E-state index in [-0.39, 0.29) is 35.5 Å². The van der Waals surface area contributed by atoms with Gasteiger partial charge in [0.1, 0.15) is 18.3 Å². The van der Waals surface area contributed by atoms with Gasteiger partial charge in [0, 0.05) is 35.1 Å². The lowest BCUT2D eigenvalue weighted by molar-refractivity contribution is -0.140. The van der Waals surface area contributed by atoms with E-state index in [9.17, 15) is 18.0 Å². The summed E-state index contributed by atoms with van der Waals surface area (Å²) in [4.78, 5) is 29.9. The van der Waals surface area contributed by atoms with Crippen molar-refractivity contribution in [1.82, 2.24) is 10.2 Å². The topological polar surface area (TPSA) is 96.0 Å². The SMILES string of the molecule is CC[C@H](C)NC(=O)[C@@H](Cc1ccccc1)N(Cc1ccc(Cl)cc1Cl)C(=O)CN(c1cccc(OC)c1)S(=O)(=O)c1ccccc1. The smallest absolute Gasteiger partial charge is 0.264 e. The third-order valence-corrected chi connectivity index (χ3v) is 9.95. The molecule has 8 nitrogen and oxygen atoms in total. The van der Waals surface area contributed by atoms with E-state index in [1.807, 2.05) is 44.2 Å². The molecule has 0 aliphatic rings. The lowest BCUT2D eigenvalue weighted by atomic mass is 10.0. The van der Waals surface area contributed by atoms with E-state index >= 15 is 0 Å². The largest absolute Gasteiger partial charge is 0.497 e. The Labute approximate surface area is 280 Å². The molecule has 4 aromatic carbocycles. The van der Waals surface area contributed by atoms with Crippen LogP contribution in [0.5, 0.6) is 5.75 Å². The minimum Gasteiger partial charge on any atom is -0.497 e. The average Bonchev–Trinajstić information content (AvgIpc) is 3.06. The van der Waals surface area contributed by atoms with E-state index in [1.54, 1.807) is 60.7 Å². The number of hydrogen-bond acceptors (Lipinski definition) is 5. The number of benzene rings is 4. The summed E-state index contributed by atoms with van der Waals surface area (Å²) in [5.41, 5.74) is 1.60. The molecule has 1 N–H and O–H groups in total. The molecule has 242 valence electrons. The number of methoxy groups -OCH3 is 1. The number of halogens is 2. The van der Waals surface area contributed by atoms with Crippen LogP contribution in [0.1, 0.15) is 31.4 Å². The number of anilines is 1. The molecule has 4 aromatic rings. The zero-order valence-corrected chi connectivity index (χ0v) is 28.2. The highest BCUT2D eigenvalue weighted by Gasteiger charge is 2.35. The summed E-state index contributed by atoms with van der Waals surface area (Å²) in [5.74, 6) is -0.554. The molecule has 0 unspecified atom stereocenters. The van der Waals surface area contributed by atoms with Gasteiger partial charge in [0.2, 0.25) is 11.8 Å². The maximum absolute atomic E-state index is 14.6. The molecule has 0 aromatic heterocycles. The molecule has 2 atom stereocenters. The first kappa shape index (κ1) is 34.8. The molecule has 4 rings (SSSR count). The normalized spacial score (nSPS) is 12.5. The van der Waals surface area contributed by atoms with Crippen molar-refractivity contribution in [3.63, 3.8) is 0 Å². The van der Waals surface area contributed by atoms with Crippen molar-refractivity contribution < 1.29 is 22.7 Å². The molecule has 0 radical (unpaired) electrons. The van der Waals surface area contributed by atoms with Crippen LogP contribution in [0.25, 0.3) is 0 Å². The quantitative estimate of drug-likeness (QED) is 0.159. The number of ether oxygens (including phenoxy) is 1. The van der Waals surface area contributed by atoms with Crippen molar-refractivity contribution in [2.75, 3.05) is 18.0 Å².